The Bertz CT molecular complexity index is 716. The fourth-order valence-electron chi connectivity index (χ4n) is 3.65. The van der Waals surface area contributed by atoms with Crippen LogP contribution in [0.3, 0.4) is 0 Å². The van der Waals surface area contributed by atoms with Gasteiger partial charge < -0.3 is 4.90 Å². The van der Waals surface area contributed by atoms with Crippen LogP contribution in [-0.2, 0) is 4.79 Å². The van der Waals surface area contributed by atoms with Crippen molar-refractivity contribution in [3.05, 3.63) is 16.1 Å². The van der Waals surface area contributed by atoms with Gasteiger partial charge in [0.25, 0.3) is 0 Å². The number of aromatic nitrogens is 2. The van der Waals surface area contributed by atoms with Gasteiger partial charge in [0, 0.05) is 24.9 Å². The Kier molecular flexibility index (Phi) is 3.32. The minimum absolute atomic E-state index is 0.230. The minimum atomic E-state index is 0.230. The summed E-state index contributed by atoms with van der Waals surface area (Å²) in [6.07, 6.45) is 4.44. The first kappa shape index (κ1) is 13.7. The molecule has 21 heavy (non-hydrogen) atoms. The second-order valence-electron chi connectivity index (χ2n) is 5.74. The first-order valence-electron chi connectivity index (χ1n) is 7.05. The Morgan fingerprint density at radius 1 is 1.10 bits per heavy atom. The van der Waals surface area contributed by atoms with Crippen LogP contribution in [0, 0.1) is 0 Å². The van der Waals surface area contributed by atoms with Crippen LogP contribution in [0.1, 0.15) is 32.1 Å². The summed E-state index contributed by atoms with van der Waals surface area (Å²) in [5.41, 5.74) is 2.38. The smallest absolute Gasteiger partial charge is 0.137 e. The van der Waals surface area contributed by atoms with E-state index in [1.807, 2.05) is 0 Å². The lowest BCUT2D eigenvalue weighted by Crippen LogP contribution is -2.52. The van der Waals surface area contributed by atoms with Crippen molar-refractivity contribution < 1.29 is 4.79 Å². The zero-order valence-electron chi connectivity index (χ0n) is 11.2. The van der Waals surface area contributed by atoms with E-state index in [4.69, 9.17) is 23.2 Å². The zero-order valence-corrected chi connectivity index (χ0v) is 13.5. The highest BCUT2D eigenvalue weighted by Gasteiger charge is 2.39. The molecule has 2 saturated heterocycles. The van der Waals surface area contributed by atoms with Crippen LogP contribution in [0.4, 0.5) is 5.69 Å². The van der Waals surface area contributed by atoms with Gasteiger partial charge in [0.15, 0.2) is 0 Å². The van der Waals surface area contributed by atoms with E-state index in [9.17, 15) is 4.79 Å². The second-order valence-corrected chi connectivity index (χ2v) is 7.09. The number of benzene rings is 1. The van der Waals surface area contributed by atoms with Gasteiger partial charge in [0.05, 0.1) is 27.5 Å². The zero-order chi connectivity index (χ0) is 14.6. The van der Waals surface area contributed by atoms with Crippen LogP contribution in [0.25, 0.3) is 11.0 Å². The highest BCUT2D eigenvalue weighted by atomic mass is 35.5. The first-order chi connectivity index (χ1) is 10.1. The SMILES string of the molecule is O=C1CC2CCCC(C1)N2c1c(Cl)cc(Cl)c2nsnc12. The van der Waals surface area contributed by atoms with Gasteiger partial charge >= 0.3 is 0 Å². The van der Waals surface area contributed by atoms with E-state index in [1.54, 1.807) is 6.07 Å². The van der Waals surface area contributed by atoms with Gasteiger partial charge in [-0.3, -0.25) is 4.79 Å². The molecular formula is C14H13Cl2N3OS. The Labute approximate surface area is 136 Å². The summed E-state index contributed by atoms with van der Waals surface area (Å²) in [6.45, 7) is 0. The van der Waals surface area contributed by atoms with Crippen LogP contribution in [-0.4, -0.2) is 26.6 Å². The summed E-state index contributed by atoms with van der Waals surface area (Å²) in [5.74, 6) is 0.360. The van der Waals surface area contributed by atoms with E-state index in [1.165, 1.54) is 6.42 Å². The summed E-state index contributed by atoms with van der Waals surface area (Å²) in [4.78, 5) is 14.2. The molecule has 2 aliphatic heterocycles. The molecule has 0 radical (unpaired) electrons. The van der Waals surface area contributed by atoms with Gasteiger partial charge in [0.2, 0.25) is 0 Å². The van der Waals surface area contributed by atoms with E-state index >= 15 is 0 Å². The van der Waals surface area contributed by atoms with Crippen LogP contribution in [0.5, 0.6) is 0 Å². The molecule has 1 aromatic heterocycles. The number of carbonyl (C=O) groups excluding carboxylic acids is 1. The number of Topliss-reactive ketones (excluding diaryl/α,β-unsaturated/α-hetero) is 1. The van der Waals surface area contributed by atoms with Crippen LogP contribution < -0.4 is 4.90 Å². The third kappa shape index (κ3) is 2.14. The van der Waals surface area contributed by atoms with Crippen molar-refractivity contribution in [3.8, 4) is 0 Å². The molecule has 2 bridgehead atoms. The van der Waals surface area contributed by atoms with Crippen molar-refractivity contribution in [2.75, 3.05) is 4.90 Å². The highest BCUT2D eigenvalue weighted by Crippen LogP contribution is 2.44. The molecule has 0 N–H and O–H groups in total. The molecule has 1 aromatic carbocycles. The van der Waals surface area contributed by atoms with Gasteiger partial charge in [-0.1, -0.05) is 23.2 Å². The maximum Gasteiger partial charge on any atom is 0.137 e. The summed E-state index contributed by atoms with van der Waals surface area (Å²) in [6, 6.07) is 2.20. The maximum absolute atomic E-state index is 11.9. The van der Waals surface area contributed by atoms with E-state index in [-0.39, 0.29) is 12.1 Å². The van der Waals surface area contributed by atoms with Crippen molar-refractivity contribution >= 4 is 57.4 Å². The molecule has 0 spiro atoms. The predicted molar refractivity (Wildman–Crippen MR) is 85.6 cm³/mol. The lowest BCUT2D eigenvalue weighted by atomic mass is 9.83. The molecule has 0 aliphatic carbocycles. The van der Waals surface area contributed by atoms with Crippen molar-refractivity contribution in [1.29, 1.82) is 0 Å². The average Bonchev–Trinajstić information content (AvgIpc) is 2.88. The standard InChI is InChI=1S/C14H13Cl2N3OS/c15-10-6-11(16)14(13-12(10)17-21-18-13)19-7-2-1-3-8(19)5-9(20)4-7/h6-8H,1-5H2. The lowest BCUT2D eigenvalue weighted by Gasteiger charge is -2.47. The van der Waals surface area contributed by atoms with Crippen LogP contribution in [0.2, 0.25) is 10.0 Å². The Hall–Kier alpha value is -0.910. The maximum atomic E-state index is 11.9. The molecule has 2 aromatic rings. The number of carbonyl (C=O) groups is 1. The molecule has 110 valence electrons. The number of piperidine rings is 2. The number of ketones is 1. The van der Waals surface area contributed by atoms with Crippen LogP contribution in [0.15, 0.2) is 6.07 Å². The summed E-state index contributed by atoms with van der Waals surface area (Å²) >= 11 is 13.8. The number of hydrogen-bond acceptors (Lipinski definition) is 5. The van der Waals surface area contributed by atoms with Gasteiger partial charge in [-0.2, -0.15) is 8.75 Å². The first-order valence-corrected chi connectivity index (χ1v) is 8.54. The van der Waals surface area contributed by atoms with E-state index < -0.39 is 0 Å². The minimum Gasteiger partial charge on any atom is -0.362 e. The molecule has 2 atom stereocenters. The predicted octanol–water partition coefficient (Wildman–Crippen LogP) is 4.09. The number of fused-ring (bicyclic) bond motifs is 3. The molecule has 3 heterocycles. The number of hydrogen-bond donors (Lipinski definition) is 0. The summed E-state index contributed by atoms with van der Waals surface area (Å²) in [7, 11) is 0. The van der Waals surface area contributed by atoms with Crippen molar-refractivity contribution in [2.24, 2.45) is 0 Å². The Balaban J connectivity index is 1.90. The van der Waals surface area contributed by atoms with Crippen LogP contribution >= 0.6 is 34.9 Å². The normalized spacial score (nSPS) is 25.6. The number of anilines is 1. The van der Waals surface area contributed by atoms with Gasteiger partial charge in [-0.05, 0) is 25.3 Å². The average molecular weight is 342 g/mol. The molecule has 2 unspecified atom stereocenters. The quantitative estimate of drug-likeness (QED) is 0.783. The molecule has 4 rings (SSSR count). The fraction of sp³-hybridized carbons (Fsp3) is 0.500. The Morgan fingerprint density at radius 3 is 2.48 bits per heavy atom. The topological polar surface area (TPSA) is 46.1 Å². The summed E-state index contributed by atoms with van der Waals surface area (Å²) in [5, 5.41) is 1.14. The van der Waals surface area contributed by atoms with Gasteiger partial charge in [0.1, 0.15) is 16.8 Å². The molecule has 2 aliphatic rings. The third-order valence-electron chi connectivity index (χ3n) is 4.46. The largest absolute Gasteiger partial charge is 0.362 e. The molecule has 0 amide bonds. The number of nitrogens with zero attached hydrogens (tertiary/aromatic N) is 3. The molecule has 7 heteroatoms. The van der Waals surface area contributed by atoms with E-state index in [0.717, 1.165) is 35.8 Å². The lowest BCUT2D eigenvalue weighted by molar-refractivity contribution is -0.121. The van der Waals surface area contributed by atoms with Gasteiger partial charge in [-0.25, -0.2) is 0 Å². The van der Waals surface area contributed by atoms with Crippen molar-refractivity contribution in [2.45, 2.75) is 44.2 Å². The van der Waals surface area contributed by atoms with E-state index in [2.05, 4.69) is 13.6 Å². The molecule has 4 nitrogen and oxygen atoms in total. The molecule has 2 fully saturated rings. The van der Waals surface area contributed by atoms with Crippen molar-refractivity contribution in [3.63, 3.8) is 0 Å². The summed E-state index contributed by atoms with van der Waals surface area (Å²) < 4.78 is 8.67. The second kappa shape index (κ2) is 5.07. The van der Waals surface area contributed by atoms with E-state index in [0.29, 0.717) is 34.2 Å². The molecule has 0 saturated carbocycles. The highest BCUT2D eigenvalue weighted by molar-refractivity contribution is 7.00. The molecular weight excluding hydrogens is 329 g/mol. The Morgan fingerprint density at radius 2 is 1.76 bits per heavy atom. The number of rotatable bonds is 1. The third-order valence-corrected chi connectivity index (χ3v) is 5.57. The van der Waals surface area contributed by atoms with Gasteiger partial charge in [-0.15, -0.1) is 0 Å². The fourth-order valence-corrected chi connectivity index (χ4v) is 4.85. The van der Waals surface area contributed by atoms with Crippen molar-refractivity contribution in [1.82, 2.24) is 8.75 Å². The monoisotopic (exact) mass is 341 g/mol. The number of halogens is 2.